The molecule has 1 aromatic heterocycles. The highest BCUT2D eigenvalue weighted by molar-refractivity contribution is 5.51. The maximum atomic E-state index is 5.83. The second-order valence-electron chi connectivity index (χ2n) is 4.79. The van der Waals surface area contributed by atoms with E-state index in [1.807, 2.05) is 30.5 Å². The van der Waals surface area contributed by atoms with Crippen molar-refractivity contribution in [2.24, 2.45) is 0 Å². The van der Waals surface area contributed by atoms with Gasteiger partial charge in [-0.1, -0.05) is 12.1 Å². The summed E-state index contributed by atoms with van der Waals surface area (Å²) in [5.74, 6) is 1.41. The first-order chi connectivity index (χ1) is 9.33. The third kappa shape index (κ3) is 2.67. The molecule has 0 fully saturated rings. The number of nitrogens with zero attached hydrogens (tertiary/aromatic N) is 2. The molecule has 4 heteroatoms. The van der Waals surface area contributed by atoms with Gasteiger partial charge in [0.25, 0.3) is 0 Å². The molecule has 0 saturated carbocycles. The fraction of sp³-hybridized carbons (Fsp3) is 0.333. The van der Waals surface area contributed by atoms with Gasteiger partial charge in [0, 0.05) is 11.9 Å². The van der Waals surface area contributed by atoms with Crippen molar-refractivity contribution in [3.05, 3.63) is 47.5 Å². The maximum absolute atomic E-state index is 5.83. The summed E-state index contributed by atoms with van der Waals surface area (Å²) in [5, 5.41) is 0. The fourth-order valence-corrected chi connectivity index (χ4v) is 2.34. The van der Waals surface area contributed by atoms with E-state index in [-0.39, 0.29) is 0 Å². The Morgan fingerprint density at radius 1 is 1.16 bits per heavy atom. The summed E-state index contributed by atoms with van der Waals surface area (Å²) in [5.41, 5.74) is 8.94. The zero-order chi connectivity index (χ0) is 13.1. The van der Waals surface area contributed by atoms with Crippen molar-refractivity contribution >= 4 is 5.69 Å². The molecule has 1 aliphatic rings. The van der Waals surface area contributed by atoms with E-state index in [0.717, 1.165) is 18.7 Å². The van der Waals surface area contributed by atoms with Gasteiger partial charge in [0.2, 0.25) is 0 Å². The first-order valence-electron chi connectivity index (χ1n) is 6.64. The predicted octanol–water partition coefficient (Wildman–Crippen LogP) is 2.52. The van der Waals surface area contributed by atoms with Gasteiger partial charge in [0.05, 0.1) is 5.69 Å². The van der Waals surface area contributed by atoms with Gasteiger partial charge in [-0.25, -0.2) is 9.97 Å². The van der Waals surface area contributed by atoms with Crippen molar-refractivity contribution in [1.29, 1.82) is 0 Å². The number of aryl methyl sites for hydroxylation is 2. The molecule has 2 aromatic rings. The lowest BCUT2D eigenvalue weighted by molar-refractivity contribution is 0.296. The molecule has 0 spiro atoms. The van der Waals surface area contributed by atoms with E-state index in [1.54, 1.807) is 0 Å². The Morgan fingerprint density at radius 2 is 2.00 bits per heavy atom. The monoisotopic (exact) mass is 255 g/mol. The minimum Gasteiger partial charge on any atom is -0.483 e. The molecule has 0 unspecified atom stereocenters. The largest absolute Gasteiger partial charge is 0.483 e. The van der Waals surface area contributed by atoms with Gasteiger partial charge >= 0.3 is 0 Å². The van der Waals surface area contributed by atoms with E-state index in [2.05, 4.69) is 9.97 Å². The Labute approximate surface area is 112 Å². The Morgan fingerprint density at radius 3 is 2.89 bits per heavy atom. The zero-order valence-electron chi connectivity index (χ0n) is 10.8. The number of benzene rings is 1. The van der Waals surface area contributed by atoms with E-state index in [0.29, 0.717) is 18.0 Å². The first kappa shape index (κ1) is 12.0. The van der Waals surface area contributed by atoms with E-state index in [4.69, 9.17) is 10.5 Å². The number of nitrogen functional groups attached to an aromatic ring is 1. The Balaban J connectivity index is 1.72. The normalized spacial score (nSPS) is 13.9. The predicted molar refractivity (Wildman–Crippen MR) is 73.9 cm³/mol. The number of hydrogen-bond acceptors (Lipinski definition) is 4. The van der Waals surface area contributed by atoms with Crippen molar-refractivity contribution in [2.45, 2.75) is 32.3 Å². The van der Waals surface area contributed by atoms with Crippen LogP contribution in [0.1, 0.15) is 29.9 Å². The van der Waals surface area contributed by atoms with Crippen molar-refractivity contribution in [3.63, 3.8) is 0 Å². The first-order valence-corrected chi connectivity index (χ1v) is 6.64. The van der Waals surface area contributed by atoms with Crippen LogP contribution in [0, 0.1) is 0 Å². The van der Waals surface area contributed by atoms with E-state index in [9.17, 15) is 0 Å². The molecule has 3 rings (SSSR count). The van der Waals surface area contributed by atoms with Crippen LogP contribution in [0.4, 0.5) is 5.69 Å². The third-order valence-corrected chi connectivity index (χ3v) is 3.39. The molecule has 19 heavy (non-hydrogen) atoms. The summed E-state index contributed by atoms with van der Waals surface area (Å²) in [4.78, 5) is 8.94. The molecular weight excluding hydrogens is 238 g/mol. The summed E-state index contributed by atoms with van der Waals surface area (Å²) in [6.45, 7) is 0.363. The molecule has 0 aliphatic heterocycles. The van der Waals surface area contributed by atoms with Crippen molar-refractivity contribution in [2.75, 3.05) is 5.73 Å². The lowest BCUT2D eigenvalue weighted by Crippen LogP contribution is -2.10. The summed E-state index contributed by atoms with van der Waals surface area (Å²) in [7, 11) is 0. The molecule has 0 radical (unpaired) electrons. The van der Waals surface area contributed by atoms with E-state index < -0.39 is 0 Å². The molecule has 1 aromatic carbocycles. The highest BCUT2D eigenvalue weighted by Gasteiger charge is 2.12. The van der Waals surface area contributed by atoms with Crippen molar-refractivity contribution < 1.29 is 4.74 Å². The molecule has 98 valence electrons. The number of aromatic nitrogens is 2. The van der Waals surface area contributed by atoms with Crippen LogP contribution in [-0.4, -0.2) is 9.97 Å². The number of rotatable bonds is 3. The van der Waals surface area contributed by atoms with Crippen LogP contribution in [0.2, 0.25) is 0 Å². The topological polar surface area (TPSA) is 61.0 Å². The van der Waals surface area contributed by atoms with E-state index >= 15 is 0 Å². The highest BCUT2D eigenvalue weighted by Crippen LogP contribution is 2.21. The van der Waals surface area contributed by atoms with Crippen LogP contribution < -0.4 is 10.5 Å². The molecule has 2 N–H and O–H groups in total. The summed E-state index contributed by atoms with van der Waals surface area (Å²) >= 11 is 0. The minimum absolute atomic E-state index is 0.363. The average Bonchev–Trinajstić information content (AvgIpc) is 2.46. The van der Waals surface area contributed by atoms with E-state index in [1.165, 1.54) is 24.1 Å². The Bertz CT molecular complexity index is 583. The second kappa shape index (κ2) is 5.26. The standard InChI is InChI=1S/C15H17N3O/c16-12-6-2-4-8-14(12)19-10-15-17-9-11-5-1-3-7-13(11)18-15/h2,4,6,8-9H,1,3,5,7,10,16H2. The molecule has 0 amide bonds. The maximum Gasteiger partial charge on any atom is 0.166 e. The summed E-state index contributed by atoms with van der Waals surface area (Å²) in [6, 6.07) is 7.47. The van der Waals surface area contributed by atoms with Crippen molar-refractivity contribution in [1.82, 2.24) is 9.97 Å². The lowest BCUT2D eigenvalue weighted by atomic mass is 9.97. The molecule has 1 heterocycles. The molecular formula is C15H17N3O. The van der Waals surface area contributed by atoms with Gasteiger partial charge in [0.15, 0.2) is 5.82 Å². The molecule has 0 atom stereocenters. The lowest BCUT2D eigenvalue weighted by Gasteiger charge is -2.15. The summed E-state index contributed by atoms with van der Waals surface area (Å²) in [6.07, 6.45) is 6.55. The number of anilines is 1. The molecule has 0 saturated heterocycles. The van der Waals surface area contributed by atoms with Crippen LogP contribution in [0.25, 0.3) is 0 Å². The van der Waals surface area contributed by atoms with Gasteiger partial charge in [-0.3, -0.25) is 0 Å². The zero-order valence-corrected chi connectivity index (χ0v) is 10.8. The van der Waals surface area contributed by atoms with Crippen molar-refractivity contribution in [3.8, 4) is 5.75 Å². The minimum atomic E-state index is 0.363. The third-order valence-electron chi connectivity index (χ3n) is 3.39. The quantitative estimate of drug-likeness (QED) is 0.856. The SMILES string of the molecule is Nc1ccccc1OCc1ncc2c(n1)CCCC2. The number of ether oxygens (including phenoxy) is 1. The Kier molecular flexibility index (Phi) is 3.31. The van der Waals surface area contributed by atoms with Crippen LogP contribution in [0.5, 0.6) is 5.75 Å². The number of nitrogens with two attached hydrogens (primary N) is 1. The highest BCUT2D eigenvalue weighted by atomic mass is 16.5. The summed E-state index contributed by atoms with van der Waals surface area (Å²) < 4.78 is 5.66. The van der Waals surface area contributed by atoms with Gasteiger partial charge in [-0.2, -0.15) is 0 Å². The van der Waals surface area contributed by atoms with Crippen LogP contribution in [0.15, 0.2) is 30.5 Å². The molecule has 4 nitrogen and oxygen atoms in total. The van der Waals surface area contributed by atoms with Gasteiger partial charge < -0.3 is 10.5 Å². The number of fused-ring (bicyclic) bond motifs is 1. The molecule has 1 aliphatic carbocycles. The average molecular weight is 255 g/mol. The van der Waals surface area contributed by atoms with Crippen LogP contribution in [-0.2, 0) is 19.4 Å². The van der Waals surface area contributed by atoms with Gasteiger partial charge in [-0.05, 0) is 43.4 Å². The fourth-order valence-electron chi connectivity index (χ4n) is 2.34. The number of hydrogen-bond donors (Lipinski definition) is 1. The second-order valence-corrected chi connectivity index (χ2v) is 4.79. The smallest absolute Gasteiger partial charge is 0.166 e. The molecule has 0 bridgehead atoms. The number of para-hydroxylation sites is 2. The van der Waals surface area contributed by atoms with Crippen LogP contribution in [0.3, 0.4) is 0 Å². The van der Waals surface area contributed by atoms with Crippen LogP contribution >= 0.6 is 0 Å². The van der Waals surface area contributed by atoms with Gasteiger partial charge in [0.1, 0.15) is 12.4 Å². The Hall–Kier alpha value is -2.10. The van der Waals surface area contributed by atoms with Gasteiger partial charge in [-0.15, -0.1) is 0 Å².